The number of methoxy groups -OCH3 is 1. The van der Waals surface area contributed by atoms with Gasteiger partial charge in [-0.2, -0.15) is 5.26 Å². The molecule has 4 nitrogen and oxygen atoms in total. The molecule has 2 aromatic carbocycles. The van der Waals surface area contributed by atoms with E-state index in [4.69, 9.17) is 9.72 Å². The van der Waals surface area contributed by atoms with Crippen molar-refractivity contribution in [3.05, 3.63) is 78.6 Å². The topological polar surface area (TPSA) is 50.3 Å². The van der Waals surface area contributed by atoms with Crippen molar-refractivity contribution in [2.45, 2.75) is 0 Å². The first-order valence-corrected chi connectivity index (χ1v) is 7.92. The van der Waals surface area contributed by atoms with E-state index in [1.54, 1.807) is 7.11 Å². The minimum absolute atomic E-state index is 0.590. The maximum absolute atomic E-state index is 9.64. The highest BCUT2D eigenvalue weighted by Gasteiger charge is 2.17. The summed E-state index contributed by atoms with van der Waals surface area (Å²) in [6, 6.07) is 21.7. The van der Waals surface area contributed by atoms with Crippen LogP contribution in [-0.2, 0) is 0 Å². The van der Waals surface area contributed by atoms with E-state index in [-0.39, 0.29) is 0 Å². The molecule has 120 valence electrons. The van der Waals surface area contributed by atoms with E-state index in [1.165, 1.54) is 0 Å². The molecule has 0 fully saturated rings. The minimum atomic E-state index is 0.590. The van der Waals surface area contributed by atoms with Crippen LogP contribution in [0.15, 0.2) is 73.1 Å². The van der Waals surface area contributed by atoms with Gasteiger partial charge in [0.2, 0.25) is 0 Å². The Kier molecular flexibility index (Phi) is 3.68. The van der Waals surface area contributed by atoms with Crippen LogP contribution in [0.2, 0.25) is 0 Å². The third kappa shape index (κ3) is 2.52. The number of nitrogens with zero attached hydrogens (tertiary/aromatic N) is 3. The maximum atomic E-state index is 9.64. The van der Waals surface area contributed by atoms with Gasteiger partial charge in [0.25, 0.3) is 0 Å². The van der Waals surface area contributed by atoms with Crippen LogP contribution in [0, 0.1) is 11.3 Å². The lowest BCUT2D eigenvalue weighted by Crippen LogP contribution is -1.93. The van der Waals surface area contributed by atoms with Gasteiger partial charge in [-0.3, -0.25) is 0 Å². The standard InChI is InChI=1S/C21H15N3O/c1-25-19-10-3-2-8-16(19)17-9-6-7-15(13-22)21(17)18-14-24-12-5-4-11-20(24)23-18/h2-12,14H,1H3. The highest BCUT2D eigenvalue weighted by atomic mass is 16.5. The van der Waals surface area contributed by atoms with Gasteiger partial charge in [0, 0.05) is 23.5 Å². The van der Waals surface area contributed by atoms with Gasteiger partial charge in [0.05, 0.1) is 24.4 Å². The Morgan fingerprint density at radius 2 is 1.76 bits per heavy atom. The second kappa shape index (κ2) is 6.14. The summed E-state index contributed by atoms with van der Waals surface area (Å²) in [5.41, 5.74) is 4.89. The first-order valence-electron chi connectivity index (χ1n) is 7.92. The highest BCUT2D eigenvalue weighted by molar-refractivity contribution is 5.88. The van der Waals surface area contributed by atoms with Gasteiger partial charge in [0.1, 0.15) is 11.4 Å². The zero-order chi connectivity index (χ0) is 17.2. The molecular formula is C21H15N3O. The van der Waals surface area contributed by atoms with Crippen LogP contribution in [0.25, 0.3) is 28.0 Å². The number of aromatic nitrogens is 2. The number of hydrogen-bond acceptors (Lipinski definition) is 3. The summed E-state index contributed by atoms with van der Waals surface area (Å²) >= 11 is 0. The molecule has 0 aliphatic rings. The average molecular weight is 325 g/mol. The van der Waals surface area contributed by atoms with Crippen molar-refractivity contribution in [1.29, 1.82) is 5.26 Å². The smallest absolute Gasteiger partial charge is 0.137 e. The summed E-state index contributed by atoms with van der Waals surface area (Å²) in [5.74, 6) is 0.766. The molecule has 0 bridgehead atoms. The molecule has 4 aromatic rings. The summed E-state index contributed by atoms with van der Waals surface area (Å²) in [7, 11) is 1.65. The predicted octanol–water partition coefficient (Wildman–Crippen LogP) is 4.55. The van der Waals surface area contributed by atoms with Crippen molar-refractivity contribution in [1.82, 2.24) is 9.38 Å². The lowest BCUT2D eigenvalue weighted by atomic mass is 9.93. The maximum Gasteiger partial charge on any atom is 0.137 e. The van der Waals surface area contributed by atoms with E-state index in [0.29, 0.717) is 5.56 Å². The zero-order valence-electron chi connectivity index (χ0n) is 13.7. The normalized spacial score (nSPS) is 10.6. The molecule has 4 heteroatoms. The Bertz CT molecular complexity index is 1070. The minimum Gasteiger partial charge on any atom is -0.496 e. The molecule has 0 amide bonds. The molecule has 0 aliphatic carbocycles. The first-order chi connectivity index (χ1) is 12.3. The monoisotopic (exact) mass is 325 g/mol. The second-order valence-electron chi connectivity index (χ2n) is 5.63. The molecule has 4 rings (SSSR count). The van der Waals surface area contributed by atoms with Crippen molar-refractivity contribution in [2.75, 3.05) is 7.11 Å². The van der Waals surface area contributed by atoms with Crippen LogP contribution in [0.1, 0.15) is 5.56 Å². The third-order valence-corrected chi connectivity index (χ3v) is 4.20. The van der Waals surface area contributed by atoms with Crippen molar-refractivity contribution in [2.24, 2.45) is 0 Å². The van der Waals surface area contributed by atoms with Gasteiger partial charge in [-0.1, -0.05) is 36.4 Å². The molecule has 0 spiro atoms. The molecule has 0 atom stereocenters. The van der Waals surface area contributed by atoms with Crippen LogP contribution < -0.4 is 4.74 Å². The quantitative estimate of drug-likeness (QED) is 0.555. The number of ether oxygens (including phenoxy) is 1. The summed E-state index contributed by atoms with van der Waals surface area (Å²) in [5, 5.41) is 9.64. The number of rotatable bonds is 3. The Labute approximate surface area is 145 Å². The number of para-hydroxylation sites is 1. The molecule has 2 heterocycles. The summed E-state index contributed by atoms with van der Waals surface area (Å²) in [4.78, 5) is 4.70. The lowest BCUT2D eigenvalue weighted by Gasteiger charge is -2.13. The molecular weight excluding hydrogens is 310 g/mol. The SMILES string of the molecule is COc1ccccc1-c1cccc(C#N)c1-c1cn2ccccc2n1. The van der Waals surface area contributed by atoms with Crippen LogP contribution in [0.3, 0.4) is 0 Å². The molecule has 0 aliphatic heterocycles. The number of fused-ring (bicyclic) bond motifs is 1. The fourth-order valence-electron chi connectivity index (χ4n) is 3.07. The fourth-order valence-corrected chi connectivity index (χ4v) is 3.07. The molecule has 0 radical (unpaired) electrons. The zero-order valence-corrected chi connectivity index (χ0v) is 13.7. The van der Waals surface area contributed by atoms with Gasteiger partial charge < -0.3 is 9.14 Å². The van der Waals surface area contributed by atoms with E-state index in [0.717, 1.165) is 33.8 Å². The van der Waals surface area contributed by atoms with Gasteiger partial charge in [-0.25, -0.2) is 4.98 Å². The number of nitriles is 1. The van der Waals surface area contributed by atoms with Gasteiger partial charge in [0.15, 0.2) is 0 Å². The van der Waals surface area contributed by atoms with E-state index in [2.05, 4.69) is 6.07 Å². The predicted molar refractivity (Wildman–Crippen MR) is 97.3 cm³/mol. The lowest BCUT2D eigenvalue weighted by molar-refractivity contribution is 0.416. The van der Waals surface area contributed by atoms with Crippen molar-refractivity contribution in [3.63, 3.8) is 0 Å². The van der Waals surface area contributed by atoms with E-state index < -0.39 is 0 Å². The Morgan fingerprint density at radius 1 is 0.960 bits per heavy atom. The molecule has 0 saturated heterocycles. The van der Waals surface area contributed by atoms with Gasteiger partial charge in [-0.05, 0) is 29.8 Å². The number of hydrogen-bond donors (Lipinski definition) is 0. The summed E-state index contributed by atoms with van der Waals surface area (Å²) in [6.07, 6.45) is 3.90. The molecule has 0 unspecified atom stereocenters. The first kappa shape index (κ1) is 15.0. The summed E-state index contributed by atoms with van der Waals surface area (Å²) < 4.78 is 7.47. The number of benzene rings is 2. The molecule has 0 N–H and O–H groups in total. The molecule has 25 heavy (non-hydrogen) atoms. The Balaban J connectivity index is 2.03. The van der Waals surface area contributed by atoms with E-state index in [1.807, 2.05) is 77.5 Å². The Hall–Kier alpha value is -3.58. The highest BCUT2D eigenvalue weighted by Crippen LogP contribution is 2.38. The van der Waals surface area contributed by atoms with Crippen LogP contribution >= 0.6 is 0 Å². The summed E-state index contributed by atoms with van der Waals surface area (Å²) in [6.45, 7) is 0. The van der Waals surface area contributed by atoms with Crippen molar-refractivity contribution >= 4 is 5.65 Å². The van der Waals surface area contributed by atoms with Crippen molar-refractivity contribution in [3.8, 4) is 34.2 Å². The fraction of sp³-hybridized carbons (Fsp3) is 0.0476. The van der Waals surface area contributed by atoms with Gasteiger partial charge in [-0.15, -0.1) is 0 Å². The Morgan fingerprint density at radius 3 is 2.56 bits per heavy atom. The number of pyridine rings is 1. The third-order valence-electron chi connectivity index (χ3n) is 4.20. The van der Waals surface area contributed by atoms with Crippen LogP contribution in [0.5, 0.6) is 5.75 Å². The average Bonchev–Trinajstić information content (AvgIpc) is 3.11. The number of imidazole rings is 1. The molecule has 0 saturated carbocycles. The van der Waals surface area contributed by atoms with Crippen LogP contribution in [0.4, 0.5) is 0 Å². The molecule has 2 aromatic heterocycles. The van der Waals surface area contributed by atoms with E-state index in [9.17, 15) is 5.26 Å². The van der Waals surface area contributed by atoms with E-state index >= 15 is 0 Å². The van der Waals surface area contributed by atoms with Crippen LogP contribution in [-0.4, -0.2) is 16.5 Å². The van der Waals surface area contributed by atoms with Crippen molar-refractivity contribution < 1.29 is 4.74 Å². The largest absolute Gasteiger partial charge is 0.496 e. The second-order valence-corrected chi connectivity index (χ2v) is 5.63. The van der Waals surface area contributed by atoms with Gasteiger partial charge >= 0.3 is 0 Å².